The highest BCUT2D eigenvalue weighted by Gasteiger charge is 2.64. The van der Waals surface area contributed by atoms with E-state index in [4.69, 9.17) is 49.9 Å². The summed E-state index contributed by atoms with van der Waals surface area (Å²) in [4.78, 5) is 207. The van der Waals surface area contributed by atoms with Crippen molar-refractivity contribution < 1.29 is 125 Å². The number of unbranched alkanes of at least 4 members (excludes halogenated alkanes) is 1. The number of halogens is 1. The van der Waals surface area contributed by atoms with Gasteiger partial charge in [-0.05, 0) is 116 Å². The summed E-state index contributed by atoms with van der Waals surface area (Å²) in [6.45, 7) is 9.68. The summed E-state index contributed by atoms with van der Waals surface area (Å²) in [7, 11) is 5.68. The van der Waals surface area contributed by atoms with E-state index in [9.17, 15) is 86.9 Å². The van der Waals surface area contributed by atoms with Crippen molar-refractivity contribution >= 4 is 112 Å². The molecule has 1 aromatic rings. The zero-order valence-corrected chi connectivity index (χ0v) is 69.4. The van der Waals surface area contributed by atoms with E-state index in [-0.39, 0.29) is 145 Å². The van der Waals surface area contributed by atoms with Gasteiger partial charge in [0.15, 0.2) is 5.72 Å². The number of carboxylic acids is 2. The average Bonchev–Trinajstić information content (AvgIpc) is 1.57. The van der Waals surface area contributed by atoms with Crippen molar-refractivity contribution in [2.45, 2.75) is 229 Å². The molecule has 0 radical (unpaired) electrons. The van der Waals surface area contributed by atoms with Gasteiger partial charge >= 0.3 is 24.0 Å². The first-order valence-corrected chi connectivity index (χ1v) is 40.1. The Bertz CT molecular complexity index is 3770. The number of hydrogen-bond donors (Lipinski definition) is 12. The largest absolute Gasteiger partial charge is 0.495 e. The van der Waals surface area contributed by atoms with Crippen molar-refractivity contribution in [1.29, 1.82) is 0 Å². The monoisotopic (exact) mass is 1680 g/mol. The summed E-state index contributed by atoms with van der Waals surface area (Å²) in [5.74, 6) is -9.81. The molecule has 2 saturated heterocycles. The number of allylic oxidation sites excluding steroid dienone is 3. The van der Waals surface area contributed by atoms with E-state index in [0.717, 1.165) is 33.1 Å². The topological polar surface area (TPSA) is 520 Å². The molecule has 38 nitrogen and oxygen atoms in total. The number of aliphatic hydroxyl groups is 1. The minimum absolute atomic E-state index is 0.0203. The maximum absolute atomic E-state index is 14.5. The minimum atomic E-state index is -1.94. The number of methoxy groups -OCH3 is 2. The van der Waals surface area contributed by atoms with Crippen LogP contribution in [-0.2, 0) is 107 Å². The molecule has 0 spiro atoms. The van der Waals surface area contributed by atoms with Gasteiger partial charge in [-0.2, -0.15) is 0 Å². The van der Waals surface area contributed by atoms with Crippen LogP contribution >= 0.6 is 11.6 Å². The number of hydrogen-bond acceptors (Lipinski definition) is 24. The van der Waals surface area contributed by atoms with Crippen molar-refractivity contribution in [3.05, 3.63) is 58.7 Å². The number of anilines is 1. The smallest absolute Gasteiger partial charge is 0.409 e. The lowest BCUT2D eigenvalue weighted by Gasteiger charge is -2.42. The molecular formula is C79H117ClN12O26. The molecule has 0 saturated carbocycles. The fourth-order valence-electron chi connectivity index (χ4n) is 13.1. The standard InChI is InChI=1S/C79H117ClN12O26/c1-48-19-12-21-58(113-9)79(111)47-57(116-77(110)89-79)49(2)72-78(5,118-72)59(46-69(102)91(7)55-44-52(43-48)45-56(112-8)71(55)80)117-76(109)51(4)90(6)66(99)32-37-84-63(96)31-36-85-74(106)53(88-73(105)50(3)86-64(97)23-14-38-92-67(100)29-30-68(92)101)20-10-11-33-81-60(93)24-15-39-114-41-17-34-82-61(94)25-16-40-115-42-18-35-83-62(95)28-27-54(75(107)108)87-65(98)22-13-26-70(103)104/h12,19,21,29-30,44-45,49-51,53-54,57-59,72,111H,10-11,13-18,20,22-28,31-43,46-47H2,1-9H3,(H,81,93)(H,82,94)(H,83,95)(H,84,96)(H,85,106)(H,86,97)(H,87,98)(H,88,105)(H,89,110)(H,103,104)(H,107,108)/b21-12+,48-19+/t49-,50+,51+,53+,54+,57?,58-,59+,72-,78?,79+/m1/s1. The summed E-state index contributed by atoms with van der Waals surface area (Å²) in [6, 6.07) is -1.41. The molecule has 118 heavy (non-hydrogen) atoms. The van der Waals surface area contributed by atoms with Gasteiger partial charge in [-0.1, -0.05) is 42.3 Å². The zero-order valence-electron chi connectivity index (χ0n) is 68.6. The van der Waals surface area contributed by atoms with E-state index >= 15 is 0 Å². The molecule has 0 aliphatic carbocycles. The lowest BCUT2D eigenvalue weighted by Crippen LogP contribution is -2.63. The maximum Gasteiger partial charge on any atom is 0.409 e. The van der Waals surface area contributed by atoms with Crippen molar-refractivity contribution in [3.8, 4) is 5.75 Å². The van der Waals surface area contributed by atoms with Gasteiger partial charge in [-0.3, -0.25) is 72.5 Å². The van der Waals surface area contributed by atoms with Crippen LogP contribution in [0.4, 0.5) is 10.5 Å². The molecule has 1 aromatic carbocycles. The van der Waals surface area contributed by atoms with Crippen LogP contribution in [0.15, 0.2) is 48.1 Å². The van der Waals surface area contributed by atoms with Crippen molar-refractivity contribution in [3.63, 3.8) is 0 Å². The SMILES string of the molecule is COc1cc2cc(c1Cl)N(C)C(=O)C[C@H](OC(=O)[C@H](C)N(C)C(=O)CCNC(=O)CCNC(=O)[C@H](CCCCNC(=O)CCCOCCCNC(=O)CCCOCCCNC(=O)CC[C@H](NC(=O)CCCC(=O)O)C(=O)O)NC(=O)[C@H](C)NC(=O)CCCN1C(=O)C=CC1=O)C1(C)O[C@@H]1[C@H](C)C1C[C@@](O)(NC(=O)O1)[C@H](OC)/C=C/C=C(\C)C2. The fourth-order valence-corrected chi connectivity index (χ4v) is 13.4. The summed E-state index contributed by atoms with van der Waals surface area (Å²) in [6.07, 6.45) is 3.82. The van der Waals surface area contributed by atoms with Crippen LogP contribution < -0.4 is 57.5 Å². The molecule has 4 bridgehead atoms. The van der Waals surface area contributed by atoms with E-state index < -0.39 is 155 Å². The predicted octanol–water partition coefficient (Wildman–Crippen LogP) is 1.72. The highest BCUT2D eigenvalue weighted by atomic mass is 35.5. The van der Waals surface area contributed by atoms with Gasteiger partial charge in [-0.25, -0.2) is 14.4 Å². The Morgan fingerprint density at radius 3 is 1.87 bits per heavy atom. The number of carbonyl (C=O) groups excluding carboxylic acids is 14. The molecule has 13 amide bonds. The summed E-state index contributed by atoms with van der Waals surface area (Å²) < 4.78 is 40.6. The molecule has 11 atom stereocenters. The zero-order chi connectivity index (χ0) is 87.2. The van der Waals surface area contributed by atoms with E-state index in [0.29, 0.717) is 77.0 Å². The first-order valence-electron chi connectivity index (χ1n) is 39.7. The van der Waals surface area contributed by atoms with Gasteiger partial charge in [0.2, 0.25) is 59.1 Å². The second-order valence-electron chi connectivity index (χ2n) is 29.6. The Hall–Kier alpha value is -10.2. The molecule has 2 fully saturated rings. The van der Waals surface area contributed by atoms with Gasteiger partial charge in [0.25, 0.3) is 11.8 Å². The number of ether oxygens (including phenoxy) is 7. The van der Waals surface area contributed by atoms with Crippen molar-refractivity contribution in [2.75, 3.05) is 98.9 Å². The minimum Gasteiger partial charge on any atom is -0.495 e. The van der Waals surface area contributed by atoms with Crippen LogP contribution in [-0.4, -0.2) is 274 Å². The molecule has 4 aliphatic rings. The van der Waals surface area contributed by atoms with Crippen LogP contribution in [0.2, 0.25) is 5.02 Å². The normalized spacial score (nSPS) is 21.4. The number of aliphatic carboxylic acids is 2. The van der Waals surface area contributed by atoms with Gasteiger partial charge in [0, 0.05) is 163 Å². The Morgan fingerprint density at radius 2 is 1.25 bits per heavy atom. The van der Waals surface area contributed by atoms with Crippen molar-refractivity contribution in [1.82, 2.24) is 57.7 Å². The third kappa shape index (κ3) is 33.3. The van der Waals surface area contributed by atoms with Crippen LogP contribution in [0.25, 0.3) is 0 Å². The quantitative estimate of drug-likeness (QED) is 0.0191. The lowest BCUT2D eigenvalue weighted by atomic mass is 9.83. The molecule has 0 aromatic heterocycles. The molecule has 656 valence electrons. The second kappa shape index (κ2) is 49.9. The number of likely N-dealkylation sites (N-methyl/N-ethyl adjacent to an activating group) is 1. The number of nitrogens with zero attached hydrogens (tertiary/aromatic N) is 3. The number of esters is 1. The highest BCUT2D eigenvalue weighted by Crippen LogP contribution is 2.49. The number of carboxylic acid groups (broad SMARTS) is 2. The summed E-state index contributed by atoms with van der Waals surface area (Å²) >= 11 is 6.85. The molecular weight excluding hydrogens is 1570 g/mol. The van der Waals surface area contributed by atoms with E-state index in [1.807, 2.05) is 13.0 Å². The number of carbonyl (C=O) groups is 16. The average molecular weight is 1690 g/mol. The summed E-state index contributed by atoms with van der Waals surface area (Å²) in [5.41, 5.74) is -1.46. The van der Waals surface area contributed by atoms with E-state index in [2.05, 4.69) is 47.9 Å². The molecule has 5 rings (SSSR count). The van der Waals surface area contributed by atoms with Crippen LogP contribution in [0, 0.1) is 5.92 Å². The number of benzene rings is 1. The number of alkyl carbamates (subject to hydrolysis) is 1. The van der Waals surface area contributed by atoms with Gasteiger partial charge in [0.1, 0.15) is 58.9 Å². The predicted molar refractivity (Wildman–Crippen MR) is 423 cm³/mol. The number of fused-ring (bicyclic) bond motifs is 5. The van der Waals surface area contributed by atoms with Crippen LogP contribution in [0.5, 0.6) is 5.75 Å². The van der Waals surface area contributed by atoms with Gasteiger partial charge in [-0.15, -0.1) is 0 Å². The number of imide groups is 1. The fraction of sp³-hybridized carbons (Fsp3) is 0.646. The van der Waals surface area contributed by atoms with Gasteiger partial charge in [0.05, 0.1) is 25.3 Å². The van der Waals surface area contributed by atoms with E-state index in [1.54, 1.807) is 38.1 Å². The molecule has 4 heterocycles. The Labute approximate surface area is 690 Å². The third-order valence-corrected chi connectivity index (χ3v) is 20.6. The first-order chi connectivity index (χ1) is 56.0. The maximum atomic E-state index is 14.5. The van der Waals surface area contributed by atoms with E-state index in [1.165, 1.54) is 47.1 Å². The Balaban J connectivity index is 1.04. The summed E-state index contributed by atoms with van der Waals surface area (Å²) in [5, 5.41) is 53.7. The number of rotatable bonds is 49. The molecule has 39 heteroatoms. The number of epoxide rings is 1. The van der Waals surface area contributed by atoms with Crippen LogP contribution in [0.3, 0.4) is 0 Å². The lowest BCUT2D eigenvalue weighted by molar-refractivity contribution is -0.162. The molecule has 4 aliphatic heterocycles. The Morgan fingerprint density at radius 1 is 0.678 bits per heavy atom. The van der Waals surface area contributed by atoms with Crippen molar-refractivity contribution in [2.24, 2.45) is 5.92 Å². The molecule has 2 unspecified atom stereocenters. The number of nitrogens with one attached hydrogen (secondary N) is 9. The first kappa shape index (κ1) is 98.4. The third-order valence-electron chi connectivity index (χ3n) is 20.2. The Kier molecular flexibility index (Phi) is 41.6. The number of amides is 13. The van der Waals surface area contributed by atoms with Crippen LogP contribution in [0.1, 0.15) is 169 Å². The second-order valence-corrected chi connectivity index (χ2v) is 30.0. The van der Waals surface area contributed by atoms with Gasteiger partial charge < -0.3 is 101 Å². The highest BCUT2D eigenvalue weighted by molar-refractivity contribution is 6.35. The molecule has 12 N–H and O–H groups in total.